The van der Waals surface area contributed by atoms with Crippen molar-refractivity contribution in [2.75, 3.05) is 0 Å². The molecular formula is C18H14O. The number of benzene rings is 3. The van der Waals surface area contributed by atoms with E-state index in [9.17, 15) is 0 Å². The molecule has 1 heterocycles. The van der Waals surface area contributed by atoms with Crippen LogP contribution in [0.5, 0.6) is 0 Å². The van der Waals surface area contributed by atoms with Gasteiger partial charge in [-0.15, -0.1) is 0 Å². The minimum atomic E-state index is 1.01. The Morgan fingerprint density at radius 2 is 1.21 bits per heavy atom. The van der Waals surface area contributed by atoms with Crippen molar-refractivity contribution in [3.63, 3.8) is 0 Å². The smallest absolute Gasteiger partial charge is 0.143 e. The van der Waals surface area contributed by atoms with Gasteiger partial charge < -0.3 is 4.42 Å². The molecule has 0 aliphatic heterocycles. The summed E-state index contributed by atoms with van der Waals surface area (Å²) < 4.78 is 6.02. The molecule has 92 valence electrons. The van der Waals surface area contributed by atoms with Crippen LogP contribution in [0.1, 0.15) is 11.3 Å². The minimum Gasteiger partial charge on any atom is -0.460 e. The highest BCUT2D eigenvalue weighted by Crippen LogP contribution is 2.38. The van der Waals surface area contributed by atoms with Crippen LogP contribution in [0.4, 0.5) is 0 Å². The number of fused-ring (bicyclic) bond motifs is 6. The second-order valence-electron chi connectivity index (χ2n) is 5.08. The van der Waals surface area contributed by atoms with E-state index in [-0.39, 0.29) is 0 Å². The first-order valence-electron chi connectivity index (χ1n) is 6.56. The van der Waals surface area contributed by atoms with Crippen molar-refractivity contribution in [1.82, 2.24) is 0 Å². The zero-order chi connectivity index (χ0) is 13.0. The van der Waals surface area contributed by atoms with E-state index in [4.69, 9.17) is 4.42 Å². The molecule has 1 heteroatoms. The fraction of sp³-hybridized carbons (Fsp3) is 0.111. The van der Waals surface area contributed by atoms with E-state index in [1.54, 1.807) is 0 Å². The van der Waals surface area contributed by atoms with Gasteiger partial charge in [-0.25, -0.2) is 0 Å². The molecule has 4 aromatic rings. The van der Waals surface area contributed by atoms with Crippen LogP contribution in [0.15, 0.2) is 52.9 Å². The quantitative estimate of drug-likeness (QED) is 0.381. The minimum absolute atomic E-state index is 1.01. The highest BCUT2D eigenvalue weighted by Gasteiger charge is 2.14. The van der Waals surface area contributed by atoms with Crippen LogP contribution in [-0.2, 0) is 0 Å². The number of aryl methyl sites for hydroxylation is 2. The van der Waals surface area contributed by atoms with Gasteiger partial charge in [-0.05, 0) is 35.6 Å². The van der Waals surface area contributed by atoms with E-state index >= 15 is 0 Å². The molecule has 0 N–H and O–H groups in total. The Bertz CT molecular complexity index is 929. The third-order valence-corrected chi connectivity index (χ3v) is 4.04. The van der Waals surface area contributed by atoms with Crippen LogP contribution in [-0.4, -0.2) is 0 Å². The Hall–Kier alpha value is -2.28. The molecule has 0 radical (unpaired) electrons. The monoisotopic (exact) mass is 246 g/mol. The van der Waals surface area contributed by atoms with Crippen molar-refractivity contribution in [2.24, 2.45) is 0 Å². The Balaban J connectivity index is 2.47. The first-order chi connectivity index (χ1) is 9.27. The molecule has 0 atom stereocenters. The maximum Gasteiger partial charge on any atom is 0.143 e. The van der Waals surface area contributed by atoms with E-state index in [1.807, 2.05) is 6.92 Å². The molecule has 0 aliphatic rings. The van der Waals surface area contributed by atoms with Gasteiger partial charge in [-0.1, -0.05) is 48.5 Å². The van der Waals surface area contributed by atoms with Crippen LogP contribution >= 0.6 is 0 Å². The SMILES string of the molecule is Cc1oc2c3ccccc3c3ccccc3c2c1C. The zero-order valence-electron chi connectivity index (χ0n) is 11.0. The second kappa shape index (κ2) is 3.61. The Kier molecular flexibility index (Phi) is 2.02. The van der Waals surface area contributed by atoms with Gasteiger partial charge in [0.05, 0.1) is 0 Å². The fourth-order valence-electron chi connectivity index (χ4n) is 2.99. The van der Waals surface area contributed by atoms with Gasteiger partial charge in [0.2, 0.25) is 0 Å². The van der Waals surface area contributed by atoms with Gasteiger partial charge in [0.15, 0.2) is 0 Å². The Morgan fingerprint density at radius 1 is 0.684 bits per heavy atom. The summed E-state index contributed by atoms with van der Waals surface area (Å²) in [6.45, 7) is 4.18. The summed E-state index contributed by atoms with van der Waals surface area (Å²) in [5.41, 5.74) is 2.27. The van der Waals surface area contributed by atoms with E-state index in [2.05, 4.69) is 55.5 Å². The fourth-order valence-corrected chi connectivity index (χ4v) is 2.99. The molecule has 0 unspecified atom stereocenters. The van der Waals surface area contributed by atoms with E-state index in [1.165, 1.54) is 32.5 Å². The van der Waals surface area contributed by atoms with Crippen LogP contribution in [0.3, 0.4) is 0 Å². The standard InChI is InChI=1S/C18H14O/c1-11-12(2)19-18-16-10-6-4-8-14(16)13-7-3-5-9-15(13)17(11)18/h3-10H,1-2H3. The van der Waals surface area contributed by atoms with Gasteiger partial charge in [-0.2, -0.15) is 0 Å². The van der Waals surface area contributed by atoms with Gasteiger partial charge in [0.1, 0.15) is 11.3 Å². The molecule has 3 aromatic carbocycles. The second-order valence-corrected chi connectivity index (χ2v) is 5.08. The largest absolute Gasteiger partial charge is 0.460 e. The van der Waals surface area contributed by atoms with Crippen LogP contribution in [0, 0.1) is 13.8 Å². The average Bonchev–Trinajstić information content (AvgIpc) is 2.76. The molecule has 0 aliphatic carbocycles. The summed E-state index contributed by atoms with van der Waals surface area (Å²) in [6.07, 6.45) is 0. The number of furan rings is 1. The highest BCUT2D eigenvalue weighted by molar-refractivity contribution is 6.24. The molecule has 0 amide bonds. The van der Waals surface area contributed by atoms with Crippen molar-refractivity contribution >= 4 is 32.5 Å². The van der Waals surface area contributed by atoms with Gasteiger partial charge >= 0.3 is 0 Å². The van der Waals surface area contributed by atoms with Crippen molar-refractivity contribution in [1.29, 1.82) is 0 Å². The Morgan fingerprint density at radius 3 is 1.89 bits per heavy atom. The van der Waals surface area contributed by atoms with E-state index in [0.717, 1.165) is 11.3 Å². The predicted molar refractivity (Wildman–Crippen MR) is 80.7 cm³/mol. The lowest BCUT2D eigenvalue weighted by atomic mass is 9.97. The van der Waals surface area contributed by atoms with E-state index in [0.29, 0.717) is 0 Å². The third-order valence-electron chi connectivity index (χ3n) is 4.04. The third kappa shape index (κ3) is 1.30. The average molecular weight is 246 g/mol. The molecule has 0 spiro atoms. The molecule has 0 saturated carbocycles. The van der Waals surface area contributed by atoms with Crippen LogP contribution < -0.4 is 0 Å². The molecule has 0 fully saturated rings. The summed E-state index contributed by atoms with van der Waals surface area (Å²) >= 11 is 0. The first-order valence-corrected chi connectivity index (χ1v) is 6.56. The zero-order valence-corrected chi connectivity index (χ0v) is 11.0. The topological polar surface area (TPSA) is 13.1 Å². The lowest BCUT2D eigenvalue weighted by molar-refractivity contribution is 0.578. The Labute approximate surface area is 111 Å². The van der Waals surface area contributed by atoms with Gasteiger partial charge in [-0.3, -0.25) is 0 Å². The number of rotatable bonds is 0. The molecule has 0 bridgehead atoms. The van der Waals surface area contributed by atoms with Crippen molar-refractivity contribution in [3.05, 3.63) is 59.9 Å². The van der Waals surface area contributed by atoms with Gasteiger partial charge in [0.25, 0.3) is 0 Å². The summed E-state index contributed by atoms with van der Waals surface area (Å²) in [6, 6.07) is 17.1. The van der Waals surface area contributed by atoms with Crippen LogP contribution in [0.25, 0.3) is 32.5 Å². The normalized spacial score (nSPS) is 11.7. The first kappa shape index (κ1) is 10.6. The molecule has 0 saturated heterocycles. The van der Waals surface area contributed by atoms with Crippen molar-refractivity contribution in [3.8, 4) is 0 Å². The number of hydrogen-bond donors (Lipinski definition) is 0. The van der Waals surface area contributed by atoms with Crippen molar-refractivity contribution < 1.29 is 4.42 Å². The van der Waals surface area contributed by atoms with E-state index < -0.39 is 0 Å². The molecule has 19 heavy (non-hydrogen) atoms. The lowest BCUT2D eigenvalue weighted by Crippen LogP contribution is -1.80. The van der Waals surface area contributed by atoms with Crippen LogP contribution in [0.2, 0.25) is 0 Å². The van der Waals surface area contributed by atoms with Crippen molar-refractivity contribution in [2.45, 2.75) is 13.8 Å². The lowest BCUT2D eigenvalue weighted by Gasteiger charge is -2.06. The highest BCUT2D eigenvalue weighted by atomic mass is 16.3. The maximum absolute atomic E-state index is 6.02. The maximum atomic E-state index is 6.02. The predicted octanol–water partition coefficient (Wildman–Crippen LogP) is 5.36. The summed E-state index contributed by atoms with van der Waals surface area (Å²) in [5, 5.41) is 6.30. The molecule has 1 aromatic heterocycles. The molecule has 1 nitrogen and oxygen atoms in total. The summed E-state index contributed by atoms with van der Waals surface area (Å²) in [4.78, 5) is 0. The summed E-state index contributed by atoms with van der Waals surface area (Å²) in [5.74, 6) is 1.01. The molecular weight excluding hydrogens is 232 g/mol. The van der Waals surface area contributed by atoms with Gasteiger partial charge in [0, 0.05) is 10.8 Å². The molecule has 4 rings (SSSR count). The number of hydrogen-bond acceptors (Lipinski definition) is 1. The summed E-state index contributed by atoms with van der Waals surface area (Å²) in [7, 11) is 0.